The average molecular weight is 268 g/mol. The number of hydrogen-bond donors (Lipinski definition) is 2. The molecule has 1 saturated heterocycles. The lowest BCUT2D eigenvalue weighted by atomic mass is 9.96. The Morgan fingerprint density at radius 1 is 1.56 bits per heavy atom. The Hall–Kier alpha value is -1.31. The van der Waals surface area contributed by atoms with Crippen molar-refractivity contribution in [2.45, 2.75) is 25.6 Å². The molecule has 1 fully saturated rings. The SMILES string of the molecule is CC1(C)C(=O)NCCN1CC(C(=O)O)C(F)(F)F. The maximum atomic E-state index is 12.6. The first kappa shape index (κ1) is 14.7. The lowest BCUT2D eigenvalue weighted by Crippen LogP contribution is -2.63. The maximum Gasteiger partial charge on any atom is 0.403 e. The summed E-state index contributed by atoms with van der Waals surface area (Å²) in [7, 11) is 0. The van der Waals surface area contributed by atoms with Crippen LogP contribution in [0.15, 0.2) is 0 Å². The van der Waals surface area contributed by atoms with Crippen LogP contribution in [0.25, 0.3) is 0 Å². The van der Waals surface area contributed by atoms with Gasteiger partial charge in [-0.05, 0) is 13.8 Å². The van der Waals surface area contributed by atoms with Crippen molar-refractivity contribution in [2.75, 3.05) is 19.6 Å². The van der Waals surface area contributed by atoms with Gasteiger partial charge in [-0.25, -0.2) is 0 Å². The zero-order valence-electron chi connectivity index (χ0n) is 10.0. The number of carbonyl (C=O) groups is 2. The molecule has 1 aliphatic heterocycles. The second-order valence-corrected chi connectivity index (χ2v) is 4.69. The Labute approximate surface area is 102 Å². The molecule has 1 atom stereocenters. The van der Waals surface area contributed by atoms with Crippen LogP contribution < -0.4 is 5.32 Å². The smallest absolute Gasteiger partial charge is 0.403 e. The highest BCUT2D eigenvalue weighted by Crippen LogP contribution is 2.29. The van der Waals surface area contributed by atoms with Gasteiger partial charge in [-0.1, -0.05) is 0 Å². The van der Waals surface area contributed by atoms with Crippen molar-refractivity contribution in [2.24, 2.45) is 5.92 Å². The summed E-state index contributed by atoms with van der Waals surface area (Å²) in [5, 5.41) is 11.2. The van der Waals surface area contributed by atoms with E-state index in [1.54, 1.807) is 0 Å². The summed E-state index contributed by atoms with van der Waals surface area (Å²) in [6, 6.07) is 0. The average Bonchev–Trinajstić information content (AvgIpc) is 2.17. The number of aliphatic carboxylic acids is 1. The topological polar surface area (TPSA) is 69.6 Å². The van der Waals surface area contributed by atoms with Crippen molar-refractivity contribution in [1.29, 1.82) is 0 Å². The van der Waals surface area contributed by atoms with Gasteiger partial charge in [-0.2, -0.15) is 13.2 Å². The van der Waals surface area contributed by atoms with Crippen LogP contribution in [0, 0.1) is 5.92 Å². The Balaban J connectivity index is 2.87. The fraction of sp³-hybridized carbons (Fsp3) is 0.800. The van der Waals surface area contributed by atoms with E-state index in [1.165, 1.54) is 18.7 Å². The molecule has 0 bridgehead atoms. The summed E-state index contributed by atoms with van der Waals surface area (Å²) in [4.78, 5) is 23.5. The molecule has 5 nitrogen and oxygen atoms in total. The first-order valence-electron chi connectivity index (χ1n) is 5.39. The van der Waals surface area contributed by atoms with E-state index in [4.69, 9.17) is 5.11 Å². The molecule has 1 unspecified atom stereocenters. The fourth-order valence-corrected chi connectivity index (χ4v) is 1.81. The standard InChI is InChI=1S/C10H15F3N2O3/c1-9(2)8(18)14-3-4-15(9)5-6(7(16)17)10(11,12)13/h6H,3-5H2,1-2H3,(H,14,18)(H,16,17). The van der Waals surface area contributed by atoms with Gasteiger partial charge in [0, 0.05) is 19.6 Å². The van der Waals surface area contributed by atoms with Crippen LogP contribution >= 0.6 is 0 Å². The Morgan fingerprint density at radius 2 is 2.11 bits per heavy atom. The van der Waals surface area contributed by atoms with Gasteiger partial charge in [0.05, 0.1) is 5.54 Å². The van der Waals surface area contributed by atoms with Crippen LogP contribution in [-0.2, 0) is 9.59 Å². The number of nitrogens with zero attached hydrogens (tertiary/aromatic N) is 1. The van der Waals surface area contributed by atoms with Gasteiger partial charge in [0.15, 0.2) is 5.92 Å². The predicted octanol–water partition coefficient (Wildman–Crippen LogP) is 0.460. The van der Waals surface area contributed by atoms with Crippen LogP contribution in [0.1, 0.15) is 13.8 Å². The second kappa shape index (κ2) is 4.75. The number of carboxylic acids is 1. The van der Waals surface area contributed by atoms with E-state index >= 15 is 0 Å². The first-order chi connectivity index (χ1) is 8.06. The fourth-order valence-electron chi connectivity index (χ4n) is 1.81. The molecule has 0 saturated carbocycles. The molecule has 0 radical (unpaired) electrons. The molecule has 0 aromatic carbocycles. The zero-order chi connectivity index (χ0) is 14.1. The number of amides is 1. The summed E-state index contributed by atoms with van der Waals surface area (Å²) < 4.78 is 37.7. The van der Waals surface area contributed by atoms with E-state index in [-0.39, 0.29) is 13.1 Å². The molecular formula is C10H15F3N2O3. The maximum absolute atomic E-state index is 12.6. The Morgan fingerprint density at radius 3 is 2.56 bits per heavy atom. The number of halogens is 3. The molecule has 1 amide bonds. The highest BCUT2D eigenvalue weighted by Gasteiger charge is 2.49. The quantitative estimate of drug-likeness (QED) is 0.780. The van der Waals surface area contributed by atoms with Gasteiger partial charge in [-0.15, -0.1) is 0 Å². The number of piperazine rings is 1. The van der Waals surface area contributed by atoms with Crippen molar-refractivity contribution >= 4 is 11.9 Å². The molecule has 104 valence electrons. The number of nitrogens with one attached hydrogen (secondary N) is 1. The second-order valence-electron chi connectivity index (χ2n) is 4.69. The summed E-state index contributed by atoms with van der Waals surface area (Å²) >= 11 is 0. The number of alkyl halides is 3. The lowest BCUT2D eigenvalue weighted by molar-refractivity contribution is -0.199. The van der Waals surface area contributed by atoms with Crippen LogP contribution in [0.3, 0.4) is 0 Å². The number of hydrogen-bond acceptors (Lipinski definition) is 3. The van der Waals surface area contributed by atoms with Gasteiger partial charge < -0.3 is 10.4 Å². The van der Waals surface area contributed by atoms with Gasteiger partial charge in [-0.3, -0.25) is 14.5 Å². The molecule has 2 N–H and O–H groups in total. The number of carbonyl (C=O) groups excluding carboxylic acids is 1. The monoisotopic (exact) mass is 268 g/mol. The van der Waals surface area contributed by atoms with E-state index < -0.39 is 36.1 Å². The van der Waals surface area contributed by atoms with Crippen molar-refractivity contribution in [3.05, 3.63) is 0 Å². The zero-order valence-corrected chi connectivity index (χ0v) is 10.0. The minimum Gasteiger partial charge on any atom is -0.481 e. The highest BCUT2D eigenvalue weighted by molar-refractivity contribution is 5.86. The van der Waals surface area contributed by atoms with E-state index in [2.05, 4.69) is 5.32 Å². The Bertz CT molecular complexity index is 355. The molecule has 0 aromatic heterocycles. The largest absolute Gasteiger partial charge is 0.481 e. The lowest BCUT2D eigenvalue weighted by Gasteiger charge is -2.42. The van der Waals surface area contributed by atoms with Gasteiger partial charge in [0.25, 0.3) is 0 Å². The number of carboxylic acid groups (broad SMARTS) is 1. The Kier molecular flexibility index (Phi) is 3.89. The van der Waals surface area contributed by atoms with Gasteiger partial charge in [0.2, 0.25) is 5.91 Å². The van der Waals surface area contributed by atoms with Crippen LogP contribution in [0.4, 0.5) is 13.2 Å². The molecule has 1 heterocycles. The molecule has 1 aliphatic rings. The van der Waals surface area contributed by atoms with E-state index in [0.717, 1.165) is 0 Å². The third-order valence-electron chi connectivity index (χ3n) is 3.11. The van der Waals surface area contributed by atoms with E-state index in [1.807, 2.05) is 0 Å². The molecular weight excluding hydrogens is 253 g/mol. The van der Waals surface area contributed by atoms with Crippen molar-refractivity contribution in [3.8, 4) is 0 Å². The van der Waals surface area contributed by atoms with Gasteiger partial charge in [0.1, 0.15) is 0 Å². The number of rotatable bonds is 3. The molecule has 8 heteroatoms. The van der Waals surface area contributed by atoms with Crippen molar-refractivity contribution < 1.29 is 27.9 Å². The van der Waals surface area contributed by atoms with Crippen molar-refractivity contribution in [1.82, 2.24) is 10.2 Å². The summed E-state index contributed by atoms with van der Waals surface area (Å²) in [6.45, 7) is 2.62. The third kappa shape index (κ3) is 2.92. The summed E-state index contributed by atoms with van der Waals surface area (Å²) in [5.74, 6) is -4.81. The predicted molar refractivity (Wildman–Crippen MR) is 55.8 cm³/mol. The van der Waals surface area contributed by atoms with Crippen molar-refractivity contribution in [3.63, 3.8) is 0 Å². The minimum absolute atomic E-state index is 0.193. The first-order valence-corrected chi connectivity index (χ1v) is 5.39. The molecule has 18 heavy (non-hydrogen) atoms. The molecule has 0 aliphatic carbocycles. The summed E-state index contributed by atoms with van der Waals surface area (Å²) in [6.07, 6.45) is -4.82. The van der Waals surface area contributed by atoms with Gasteiger partial charge >= 0.3 is 12.1 Å². The van der Waals surface area contributed by atoms with E-state index in [0.29, 0.717) is 0 Å². The third-order valence-corrected chi connectivity index (χ3v) is 3.11. The summed E-state index contributed by atoms with van der Waals surface area (Å²) in [5.41, 5.74) is -1.14. The van der Waals surface area contributed by atoms with Crippen LogP contribution in [0.5, 0.6) is 0 Å². The molecule has 0 spiro atoms. The molecule has 0 aromatic rings. The van der Waals surface area contributed by atoms with E-state index in [9.17, 15) is 22.8 Å². The molecule has 1 rings (SSSR count). The highest BCUT2D eigenvalue weighted by atomic mass is 19.4. The normalized spacial score (nSPS) is 22.4. The van der Waals surface area contributed by atoms with Crippen LogP contribution in [0.2, 0.25) is 0 Å². The van der Waals surface area contributed by atoms with Crippen LogP contribution in [-0.4, -0.2) is 53.2 Å². The minimum atomic E-state index is -4.82.